The largest absolute Gasteiger partial charge is 0.497 e. The van der Waals surface area contributed by atoms with Crippen LogP contribution in [0.2, 0.25) is 0 Å². The molecule has 0 saturated carbocycles. The standard InChI is InChI=1S/C21H31N5O2S/c1-21(2,3)19-23-24-20(26(19)22)29-14-18(27)25-13-7-5-6-8-17(25)15-9-11-16(28-4)12-10-15/h9-12,17H,5-8,13-14,22H2,1-4H3. The maximum Gasteiger partial charge on any atom is 0.233 e. The van der Waals surface area contributed by atoms with Crippen LogP contribution in [0.5, 0.6) is 5.75 Å². The fourth-order valence-corrected chi connectivity index (χ4v) is 4.42. The third kappa shape index (κ3) is 5.04. The molecule has 2 heterocycles. The van der Waals surface area contributed by atoms with Crippen molar-refractivity contribution >= 4 is 17.7 Å². The van der Waals surface area contributed by atoms with Crippen LogP contribution in [0.15, 0.2) is 29.4 Å². The van der Waals surface area contributed by atoms with Gasteiger partial charge in [-0.1, -0.05) is 57.5 Å². The summed E-state index contributed by atoms with van der Waals surface area (Å²) in [5.41, 5.74) is 0.956. The summed E-state index contributed by atoms with van der Waals surface area (Å²) in [6.07, 6.45) is 4.28. The molecule has 0 spiro atoms. The number of hydrogen-bond acceptors (Lipinski definition) is 6. The lowest BCUT2D eigenvalue weighted by molar-refractivity contribution is -0.130. The molecule has 1 aliphatic rings. The Morgan fingerprint density at radius 1 is 1.21 bits per heavy atom. The van der Waals surface area contributed by atoms with Crippen LogP contribution < -0.4 is 10.6 Å². The van der Waals surface area contributed by atoms with E-state index < -0.39 is 0 Å². The first-order valence-corrected chi connectivity index (χ1v) is 11.1. The van der Waals surface area contributed by atoms with Gasteiger partial charge in [0.05, 0.1) is 18.9 Å². The summed E-state index contributed by atoms with van der Waals surface area (Å²) in [4.78, 5) is 15.1. The Kier molecular flexibility index (Phi) is 6.72. The molecular weight excluding hydrogens is 386 g/mol. The van der Waals surface area contributed by atoms with E-state index in [1.165, 1.54) is 16.4 Å². The molecule has 29 heavy (non-hydrogen) atoms. The molecule has 1 aromatic carbocycles. The average Bonchev–Trinajstić information content (AvgIpc) is 2.91. The van der Waals surface area contributed by atoms with Gasteiger partial charge >= 0.3 is 0 Å². The predicted octanol–water partition coefficient (Wildman–Crippen LogP) is 3.53. The van der Waals surface area contributed by atoms with Crippen LogP contribution in [0.1, 0.15) is 63.9 Å². The van der Waals surface area contributed by atoms with Gasteiger partial charge in [0.15, 0.2) is 5.82 Å². The number of rotatable bonds is 5. The number of ether oxygens (including phenoxy) is 1. The molecule has 0 bridgehead atoms. The fraction of sp³-hybridized carbons (Fsp3) is 0.571. The second-order valence-electron chi connectivity index (χ2n) is 8.44. The molecule has 1 fully saturated rings. The van der Waals surface area contributed by atoms with Crippen molar-refractivity contribution in [2.24, 2.45) is 0 Å². The number of aromatic nitrogens is 3. The van der Waals surface area contributed by atoms with Crippen LogP contribution in [-0.2, 0) is 10.2 Å². The highest BCUT2D eigenvalue weighted by Gasteiger charge is 2.28. The highest BCUT2D eigenvalue weighted by atomic mass is 32.2. The summed E-state index contributed by atoms with van der Waals surface area (Å²) in [5, 5.41) is 8.95. The zero-order valence-corrected chi connectivity index (χ0v) is 18.5. The predicted molar refractivity (Wildman–Crippen MR) is 116 cm³/mol. The van der Waals surface area contributed by atoms with Crippen LogP contribution in [0.25, 0.3) is 0 Å². The summed E-state index contributed by atoms with van der Waals surface area (Å²) in [6, 6.07) is 8.14. The molecule has 8 heteroatoms. The van der Waals surface area contributed by atoms with Gasteiger partial charge in [-0.15, -0.1) is 10.2 Å². The number of nitrogens with two attached hydrogens (primary N) is 1. The van der Waals surface area contributed by atoms with E-state index in [1.807, 2.05) is 37.8 Å². The molecule has 1 unspecified atom stereocenters. The molecule has 1 aromatic heterocycles. The SMILES string of the molecule is COc1ccc(C2CCCCCN2C(=O)CSc2nnc(C(C)(C)C)n2N)cc1. The Hall–Kier alpha value is -2.22. The fourth-order valence-electron chi connectivity index (χ4n) is 3.68. The molecule has 3 rings (SSSR count). The van der Waals surface area contributed by atoms with Crippen molar-refractivity contribution in [2.45, 2.75) is 63.1 Å². The minimum absolute atomic E-state index is 0.0948. The second kappa shape index (κ2) is 9.07. The molecule has 158 valence electrons. The van der Waals surface area contributed by atoms with Crippen molar-refractivity contribution in [1.29, 1.82) is 0 Å². The summed E-state index contributed by atoms with van der Waals surface area (Å²) in [5.74, 6) is 8.10. The Morgan fingerprint density at radius 3 is 2.55 bits per heavy atom. The molecule has 1 atom stereocenters. The van der Waals surface area contributed by atoms with E-state index in [-0.39, 0.29) is 17.4 Å². The first-order valence-electron chi connectivity index (χ1n) is 10.1. The van der Waals surface area contributed by atoms with E-state index >= 15 is 0 Å². The molecule has 1 saturated heterocycles. The quantitative estimate of drug-likeness (QED) is 0.592. The highest BCUT2D eigenvalue weighted by molar-refractivity contribution is 7.99. The smallest absolute Gasteiger partial charge is 0.233 e. The first-order chi connectivity index (χ1) is 13.8. The Labute approximate surface area is 177 Å². The number of carbonyl (C=O) groups excluding carboxylic acids is 1. The number of methoxy groups -OCH3 is 1. The second-order valence-corrected chi connectivity index (χ2v) is 9.38. The van der Waals surface area contributed by atoms with E-state index in [0.717, 1.165) is 43.5 Å². The normalized spacial score (nSPS) is 17.8. The van der Waals surface area contributed by atoms with Gasteiger partial charge in [0, 0.05) is 12.0 Å². The summed E-state index contributed by atoms with van der Waals surface area (Å²) in [6.45, 7) is 6.89. The minimum Gasteiger partial charge on any atom is -0.497 e. The lowest BCUT2D eigenvalue weighted by Gasteiger charge is -2.30. The number of thioether (sulfide) groups is 1. The van der Waals surface area contributed by atoms with Gasteiger partial charge in [0.1, 0.15) is 5.75 Å². The number of nitrogen functional groups attached to an aromatic ring is 1. The number of carbonyl (C=O) groups is 1. The maximum absolute atomic E-state index is 13.1. The van der Waals surface area contributed by atoms with Crippen molar-refractivity contribution in [1.82, 2.24) is 19.8 Å². The summed E-state index contributed by atoms with van der Waals surface area (Å²) >= 11 is 1.35. The van der Waals surface area contributed by atoms with Gasteiger partial charge < -0.3 is 15.5 Å². The lowest BCUT2D eigenvalue weighted by atomic mass is 9.96. The molecule has 7 nitrogen and oxygen atoms in total. The first kappa shape index (κ1) is 21.5. The van der Waals surface area contributed by atoms with Crippen LogP contribution >= 0.6 is 11.8 Å². The molecule has 2 aromatic rings. The van der Waals surface area contributed by atoms with Crippen LogP contribution in [0, 0.1) is 0 Å². The topological polar surface area (TPSA) is 86.3 Å². The summed E-state index contributed by atoms with van der Waals surface area (Å²) < 4.78 is 6.77. The zero-order valence-electron chi connectivity index (χ0n) is 17.7. The van der Waals surface area contributed by atoms with E-state index in [1.54, 1.807) is 7.11 Å². The van der Waals surface area contributed by atoms with Crippen LogP contribution in [0.3, 0.4) is 0 Å². The Balaban J connectivity index is 1.72. The number of amides is 1. The third-order valence-corrected chi connectivity index (χ3v) is 6.16. The van der Waals surface area contributed by atoms with Crippen molar-refractivity contribution in [3.63, 3.8) is 0 Å². The number of nitrogens with zero attached hydrogens (tertiary/aromatic N) is 4. The lowest BCUT2D eigenvalue weighted by Crippen LogP contribution is -2.36. The maximum atomic E-state index is 13.1. The zero-order chi connectivity index (χ0) is 21.0. The Bertz CT molecular complexity index is 829. The average molecular weight is 418 g/mol. The van der Waals surface area contributed by atoms with Crippen molar-refractivity contribution in [2.75, 3.05) is 25.3 Å². The molecular formula is C21H31N5O2S. The van der Waals surface area contributed by atoms with Gasteiger partial charge in [-0.3, -0.25) is 4.79 Å². The number of likely N-dealkylation sites (tertiary alicyclic amines) is 1. The third-order valence-electron chi connectivity index (χ3n) is 5.23. The van der Waals surface area contributed by atoms with Gasteiger partial charge in [-0.25, -0.2) is 4.68 Å². The van der Waals surface area contributed by atoms with E-state index in [2.05, 4.69) is 22.3 Å². The van der Waals surface area contributed by atoms with Gasteiger partial charge in [-0.05, 0) is 30.5 Å². The van der Waals surface area contributed by atoms with E-state index in [4.69, 9.17) is 10.6 Å². The van der Waals surface area contributed by atoms with Gasteiger partial charge in [0.2, 0.25) is 11.1 Å². The van der Waals surface area contributed by atoms with Crippen molar-refractivity contribution in [3.8, 4) is 5.75 Å². The highest BCUT2D eigenvalue weighted by Crippen LogP contribution is 2.32. The van der Waals surface area contributed by atoms with Gasteiger partial charge in [0.25, 0.3) is 0 Å². The van der Waals surface area contributed by atoms with Crippen LogP contribution in [0.4, 0.5) is 0 Å². The molecule has 1 aliphatic heterocycles. The number of benzene rings is 1. The molecule has 0 radical (unpaired) electrons. The summed E-state index contributed by atoms with van der Waals surface area (Å²) in [7, 11) is 1.66. The van der Waals surface area contributed by atoms with Gasteiger partial charge in [-0.2, -0.15) is 0 Å². The molecule has 1 amide bonds. The monoisotopic (exact) mass is 417 g/mol. The van der Waals surface area contributed by atoms with E-state index in [0.29, 0.717) is 16.7 Å². The molecule has 2 N–H and O–H groups in total. The van der Waals surface area contributed by atoms with E-state index in [9.17, 15) is 4.79 Å². The Morgan fingerprint density at radius 2 is 1.93 bits per heavy atom. The van der Waals surface area contributed by atoms with Crippen LogP contribution in [-0.4, -0.2) is 45.1 Å². The number of hydrogen-bond donors (Lipinski definition) is 1. The molecule has 0 aliphatic carbocycles. The van der Waals surface area contributed by atoms with Crippen molar-refractivity contribution < 1.29 is 9.53 Å². The van der Waals surface area contributed by atoms with Crippen molar-refractivity contribution in [3.05, 3.63) is 35.7 Å². The minimum atomic E-state index is -0.200.